The van der Waals surface area contributed by atoms with Crippen molar-refractivity contribution in [3.8, 4) is 0 Å². The first-order valence-electron chi connectivity index (χ1n) is 5.13. The zero-order valence-electron chi connectivity index (χ0n) is 10.1. The minimum Gasteiger partial charge on any atom is -0.326 e. The number of hydrogen-bond acceptors (Lipinski definition) is 3. The van der Waals surface area contributed by atoms with Crippen LogP contribution in [0.25, 0.3) is 0 Å². The first-order chi connectivity index (χ1) is 7.54. The Balaban J connectivity index is 0.00000256. The fraction of sp³-hybridized carbons (Fsp3) is 0.333. The molecule has 1 rings (SSSR count). The maximum absolute atomic E-state index is 11.8. The maximum Gasteiger partial charge on any atom is 0.221 e. The number of benzene rings is 1. The number of likely N-dealkylation sites (N-methyl/N-ethyl adjacent to an activating group) is 1. The summed E-state index contributed by atoms with van der Waals surface area (Å²) in [5.74, 6) is -0.0838. The van der Waals surface area contributed by atoms with Crippen molar-refractivity contribution in [2.45, 2.75) is 19.9 Å². The predicted molar refractivity (Wildman–Crippen MR) is 70.8 cm³/mol. The van der Waals surface area contributed by atoms with Crippen molar-refractivity contribution in [3.05, 3.63) is 29.8 Å². The van der Waals surface area contributed by atoms with Crippen LogP contribution in [0.4, 0.5) is 5.69 Å². The Bertz CT molecular complexity index is 390. The molecule has 1 atom stereocenters. The lowest BCUT2D eigenvalue weighted by Crippen LogP contribution is -2.30. The number of carbonyl (C=O) groups is 2. The van der Waals surface area contributed by atoms with Crippen LogP contribution in [0, 0.1) is 0 Å². The second kappa shape index (κ2) is 7.04. The molecule has 94 valence electrons. The minimum absolute atomic E-state index is 0. The Morgan fingerprint density at radius 1 is 1.18 bits per heavy atom. The van der Waals surface area contributed by atoms with Crippen LogP contribution in [0.5, 0.6) is 0 Å². The number of hydrogen-bond donors (Lipinski definition) is 2. The Morgan fingerprint density at radius 3 is 2.12 bits per heavy atom. The molecule has 0 radical (unpaired) electrons. The third-order valence-corrected chi connectivity index (χ3v) is 2.32. The van der Waals surface area contributed by atoms with Crippen LogP contribution in [0.3, 0.4) is 0 Å². The van der Waals surface area contributed by atoms with Crippen molar-refractivity contribution in [1.82, 2.24) is 5.32 Å². The summed E-state index contributed by atoms with van der Waals surface area (Å²) in [5.41, 5.74) is 1.33. The molecule has 1 amide bonds. The molecule has 0 heterocycles. The van der Waals surface area contributed by atoms with E-state index in [2.05, 4.69) is 10.6 Å². The maximum atomic E-state index is 11.8. The van der Waals surface area contributed by atoms with Crippen LogP contribution >= 0.6 is 12.4 Å². The highest BCUT2D eigenvalue weighted by Gasteiger charge is 2.12. The molecule has 0 spiro atoms. The Morgan fingerprint density at radius 2 is 1.71 bits per heavy atom. The summed E-state index contributed by atoms with van der Waals surface area (Å²) < 4.78 is 0. The Labute approximate surface area is 107 Å². The second-order valence-electron chi connectivity index (χ2n) is 3.63. The normalized spacial score (nSPS) is 11.2. The smallest absolute Gasteiger partial charge is 0.221 e. The predicted octanol–water partition coefficient (Wildman–Crippen LogP) is 1.86. The third-order valence-electron chi connectivity index (χ3n) is 2.32. The first-order valence-corrected chi connectivity index (χ1v) is 5.13. The molecule has 5 heteroatoms. The number of Topliss-reactive ketones (excluding diaryl/α,β-unsaturated/α-hetero) is 1. The van der Waals surface area contributed by atoms with Crippen LogP contribution in [0.2, 0.25) is 0 Å². The first kappa shape index (κ1) is 15.6. The number of rotatable bonds is 4. The molecule has 0 aliphatic heterocycles. The lowest BCUT2D eigenvalue weighted by molar-refractivity contribution is -0.114. The van der Waals surface area contributed by atoms with Gasteiger partial charge >= 0.3 is 0 Å². The molecule has 0 aliphatic carbocycles. The molecule has 0 saturated heterocycles. The fourth-order valence-electron chi connectivity index (χ4n) is 1.30. The second-order valence-corrected chi connectivity index (χ2v) is 3.63. The molecule has 17 heavy (non-hydrogen) atoms. The third kappa shape index (κ3) is 4.54. The number of carbonyl (C=O) groups excluding carboxylic acids is 2. The van der Waals surface area contributed by atoms with Crippen molar-refractivity contribution in [2.75, 3.05) is 12.4 Å². The number of anilines is 1. The summed E-state index contributed by atoms with van der Waals surface area (Å²) in [6.07, 6.45) is 0. The largest absolute Gasteiger partial charge is 0.326 e. The monoisotopic (exact) mass is 256 g/mol. The van der Waals surface area contributed by atoms with Gasteiger partial charge in [-0.15, -0.1) is 12.4 Å². The zero-order chi connectivity index (χ0) is 12.1. The van der Waals surface area contributed by atoms with Gasteiger partial charge in [-0.2, -0.15) is 0 Å². The van der Waals surface area contributed by atoms with E-state index < -0.39 is 0 Å². The molecular formula is C12H17ClN2O2. The van der Waals surface area contributed by atoms with Crippen molar-refractivity contribution in [2.24, 2.45) is 0 Å². The van der Waals surface area contributed by atoms with Gasteiger partial charge in [0.05, 0.1) is 6.04 Å². The number of ketones is 1. The molecular weight excluding hydrogens is 240 g/mol. The highest BCUT2D eigenvalue weighted by molar-refractivity contribution is 6.00. The minimum atomic E-state index is -0.202. The van der Waals surface area contributed by atoms with E-state index in [1.165, 1.54) is 6.92 Å². The molecule has 0 aliphatic rings. The molecule has 0 aromatic heterocycles. The van der Waals surface area contributed by atoms with Gasteiger partial charge in [-0.05, 0) is 38.2 Å². The van der Waals surface area contributed by atoms with Gasteiger partial charge in [0, 0.05) is 18.2 Å². The van der Waals surface area contributed by atoms with E-state index in [0.29, 0.717) is 11.3 Å². The summed E-state index contributed by atoms with van der Waals surface area (Å²) in [6.45, 7) is 3.26. The molecule has 0 saturated carbocycles. The topological polar surface area (TPSA) is 58.2 Å². The highest BCUT2D eigenvalue weighted by atomic mass is 35.5. The number of amides is 1. The number of halogens is 1. The lowest BCUT2D eigenvalue weighted by atomic mass is 10.1. The molecule has 1 aromatic carbocycles. The highest BCUT2D eigenvalue weighted by Crippen LogP contribution is 2.11. The van der Waals surface area contributed by atoms with Crippen LogP contribution in [0.1, 0.15) is 24.2 Å². The van der Waals surface area contributed by atoms with Crippen molar-refractivity contribution in [3.63, 3.8) is 0 Å². The van der Waals surface area contributed by atoms with Crippen LogP contribution < -0.4 is 10.6 Å². The lowest BCUT2D eigenvalue weighted by Gasteiger charge is -2.09. The number of nitrogens with one attached hydrogen (secondary N) is 2. The average Bonchev–Trinajstić information content (AvgIpc) is 2.27. The van der Waals surface area contributed by atoms with E-state index in [-0.39, 0.29) is 30.1 Å². The van der Waals surface area contributed by atoms with Gasteiger partial charge in [-0.1, -0.05) is 0 Å². The van der Waals surface area contributed by atoms with Gasteiger partial charge in [0.15, 0.2) is 5.78 Å². The molecule has 1 aromatic rings. The van der Waals surface area contributed by atoms with E-state index in [1.807, 2.05) is 6.92 Å². The van der Waals surface area contributed by atoms with Crippen LogP contribution in [0.15, 0.2) is 24.3 Å². The van der Waals surface area contributed by atoms with Gasteiger partial charge in [0.1, 0.15) is 0 Å². The van der Waals surface area contributed by atoms with E-state index in [4.69, 9.17) is 0 Å². The van der Waals surface area contributed by atoms with Gasteiger partial charge in [-0.25, -0.2) is 0 Å². The van der Waals surface area contributed by atoms with Gasteiger partial charge in [0.25, 0.3) is 0 Å². The van der Waals surface area contributed by atoms with Gasteiger partial charge in [-0.3, -0.25) is 9.59 Å². The SMILES string of the molecule is CNC(C)C(=O)c1ccc(NC(C)=O)cc1.Cl. The summed E-state index contributed by atoms with van der Waals surface area (Å²) in [5, 5.41) is 5.54. The van der Waals surface area contributed by atoms with E-state index in [9.17, 15) is 9.59 Å². The Kier molecular flexibility index (Phi) is 6.46. The molecule has 1 unspecified atom stereocenters. The molecule has 0 bridgehead atoms. The molecule has 4 nitrogen and oxygen atoms in total. The van der Waals surface area contributed by atoms with E-state index >= 15 is 0 Å². The van der Waals surface area contributed by atoms with Gasteiger partial charge in [0.2, 0.25) is 5.91 Å². The Hall–Kier alpha value is -1.39. The molecule has 0 fully saturated rings. The van der Waals surface area contributed by atoms with Crippen molar-refractivity contribution < 1.29 is 9.59 Å². The summed E-state index contributed by atoms with van der Waals surface area (Å²) >= 11 is 0. The zero-order valence-corrected chi connectivity index (χ0v) is 10.9. The standard InChI is InChI=1S/C12H16N2O2.ClH/c1-8(13-3)12(16)10-4-6-11(7-5-10)14-9(2)15;/h4-8,13H,1-3H3,(H,14,15);1H. The van der Waals surface area contributed by atoms with Crippen LogP contribution in [-0.4, -0.2) is 24.8 Å². The van der Waals surface area contributed by atoms with Crippen molar-refractivity contribution >= 4 is 29.8 Å². The summed E-state index contributed by atoms with van der Waals surface area (Å²) in [7, 11) is 1.74. The molecule has 2 N–H and O–H groups in total. The average molecular weight is 257 g/mol. The van der Waals surface area contributed by atoms with Crippen LogP contribution in [-0.2, 0) is 4.79 Å². The van der Waals surface area contributed by atoms with E-state index in [1.54, 1.807) is 31.3 Å². The quantitative estimate of drug-likeness (QED) is 0.809. The summed E-state index contributed by atoms with van der Waals surface area (Å²) in [4.78, 5) is 22.6. The fourth-order valence-corrected chi connectivity index (χ4v) is 1.30. The van der Waals surface area contributed by atoms with E-state index in [0.717, 1.165) is 0 Å². The van der Waals surface area contributed by atoms with Crippen molar-refractivity contribution in [1.29, 1.82) is 0 Å². The summed E-state index contributed by atoms with van der Waals surface area (Å²) in [6, 6.07) is 6.66. The van der Waals surface area contributed by atoms with Gasteiger partial charge < -0.3 is 10.6 Å².